The molecule has 0 radical (unpaired) electrons. The van der Waals surface area contributed by atoms with Gasteiger partial charge in [-0.1, -0.05) is 23.7 Å². The first kappa shape index (κ1) is 17.0. The van der Waals surface area contributed by atoms with E-state index in [1.807, 2.05) is 26.0 Å². The molecule has 2 aromatic carbocycles. The molecule has 0 heterocycles. The second-order valence-corrected chi connectivity index (χ2v) is 5.37. The molecule has 0 bridgehead atoms. The Hall–Kier alpha value is -2.40. The van der Waals surface area contributed by atoms with Crippen LogP contribution in [0, 0.1) is 19.7 Å². The number of ether oxygens (including phenoxy) is 1. The summed E-state index contributed by atoms with van der Waals surface area (Å²) in [5.41, 5.74) is 4.60. The summed E-state index contributed by atoms with van der Waals surface area (Å²) in [5, 5.41) is 3.90. The van der Waals surface area contributed by atoms with Crippen LogP contribution >= 0.6 is 11.6 Å². The fraction of sp³-hybridized carbons (Fsp3) is 0.176. The van der Waals surface area contributed by atoms with Crippen LogP contribution in [-0.4, -0.2) is 18.7 Å². The maximum absolute atomic E-state index is 13.5. The number of hydrogen-bond acceptors (Lipinski definition) is 3. The molecule has 23 heavy (non-hydrogen) atoms. The van der Waals surface area contributed by atoms with Crippen LogP contribution in [0.4, 0.5) is 4.39 Å². The van der Waals surface area contributed by atoms with Gasteiger partial charge in [-0.2, -0.15) is 5.10 Å². The second-order valence-electron chi connectivity index (χ2n) is 4.96. The minimum Gasteiger partial charge on any atom is -0.484 e. The lowest BCUT2D eigenvalue weighted by molar-refractivity contribution is -0.123. The predicted molar refractivity (Wildman–Crippen MR) is 88.6 cm³/mol. The standard InChI is InChI=1S/C17H16ClFN2O2/c1-11-6-7-13(8-12(11)2)23-10-17(22)21-20-9-14-15(18)4-3-5-16(14)19/h3-9H,10H2,1-2H3,(H,21,22)/b20-9+. The summed E-state index contributed by atoms with van der Waals surface area (Å²) < 4.78 is 18.9. The lowest BCUT2D eigenvalue weighted by Gasteiger charge is -2.07. The van der Waals surface area contributed by atoms with Gasteiger partial charge in [-0.15, -0.1) is 0 Å². The zero-order valence-corrected chi connectivity index (χ0v) is 13.5. The first-order valence-corrected chi connectivity index (χ1v) is 7.31. The number of hydrogen-bond donors (Lipinski definition) is 1. The normalized spacial score (nSPS) is 10.8. The van der Waals surface area contributed by atoms with E-state index in [0.29, 0.717) is 5.75 Å². The summed E-state index contributed by atoms with van der Waals surface area (Å²) in [6.45, 7) is 3.77. The molecule has 2 rings (SSSR count). The number of nitrogens with one attached hydrogen (secondary N) is 1. The Bertz CT molecular complexity index is 727. The van der Waals surface area contributed by atoms with Gasteiger partial charge in [-0.25, -0.2) is 9.82 Å². The molecule has 1 N–H and O–H groups in total. The Morgan fingerprint density at radius 1 is 1.30 bits per heavy atom. The van der Waals surface area contributed by atoms with Crippen molar-refractivity contribution in [2.45, 2.75) is 13.8 Å². The Morgan fingerprint density at radius 2 is 2.09 bits per heavy atom. The molecule has 1 amide bonds. The summed E-state index contributed by atoms with van der Waals surface area (Å²) in [4.78, 5) is 11.7. The Morgan fingerprint density at radius 3 is 2.78 bits per heavy atom. The number of rotatable bonds is 5. The van der Waals surface area contributed by atoms with E-state index in [9.17, 15) is 9.18 Å². The van der Waals surface area contributed by atoms with E-state index in [4.69, 9.17) is 16.3 Å². The zero-order valence-electron chi connectivity index (χ0n) is 12.8. The minimum atomic E-state index is -0.512. The lowest BCUT2D eigenvalue weighted by atomic mass is 10.1. The van der Waals surface area contributed by atoms with Crippen LogP contribution in [0.25, 0.3) is 0 Å². The van der Waals surface area contributed by atoms with Crippen molar-refractivity contribution in [2.75, 3.05) is 6.61 Å². The SMILES string of the molecule is Cc1ccc(OCC(=O)N/N=C/c2c(F)cccc2Cl)cc1C. The number of hydrazone groups is 1. The highest BCUT2D eigenvalue weighted by atomic mass is 35.5. The van der Waals surface area contributed by atoms with Gasteiger partial charge in [0.15, 0.2) is 6.61 Å². The van der Waals surface area contributed by atoms with E-state index >= 15 is 0 Å². The lowest BCUT2D eigenvalue weighted by Crippen LogP contribution is -2.24. The van der Waals surface area contributed by atoms with Crippen molar-refractivity contribution < 1.29 is 13.9 Å². The average molecular weight is 335 g/mol. The van der Waals surface area contributed by atoms with E-state index in [2.05, 4.69) is 10.5 Å². The topological polar surface area (TPSA) is 50.7 Å². The number of nitrogens with zero attached hydrogens (tertiary/aromatic N) is 1. The largest absolute Gasteiger partial charge is 0.484 e. The average Bonchev–Trinajstić information content (AvgIpc) is 2.51. The molecule has 0 spiro atoms. The molecular formula is C17H16ClFN2O2. The van der Waals surface area contributed by atoms with Crippen LogP contribution in [0.15, 0.2) is 41.5 Å². The Labute approximate surface area is 138 Å². The highest BCUT2D eigenvalue weighted by molar-refractivity contribution is 6.33. The van der Waals surface area contributed by atoms with E-state index in [1.165, 1.54) is 18.2 Å². The Balaban J connectivity index is 1.87. The van der Waals surface area contributed by atoms with E-state index in [-0.39, 0.29) is 17.2 Å². The molecule has 0 atom stereocenters. The Kier molecular flexibility index (Phi) is 5.71. The quantitative estimate of drug-likeness (QED) is 0.670. The third-order valence-corrected chi connectivity index (χ3v) is 3.56. The fourth-order valence-corrected chi connectivity index (χ4v) is 2.00. The van der Waals surface area contributed by atoms with E-state index in [1.54, 1.807) is 6.07 Å². The summed E-state index contributed by atoms with van der Waals surface area (Å²) >= 11 is 5.84. The van der Waals surface area contributed by atoms with E-state index < -0.39 is 11.7 Å². The van der Waals surface area contributed by atoms with Gasteiger partial charge in [0.2, 0.25) is 0 Å². The van der Waals surface area contributed by atoms with Crippen LogP contribution in [0.2, 0.25) is 5.02 Å². The van der Waals surface area contributed by atoms with Gasteiger partial charge in [0.1, 0.15) is 11.6 Å². The van der Waals surface area contributed by atoms with Gasteiger partial charge >= 0.3 is 0 Å². The summed E-state index contributed by atoms with van der Waals surface area (Å²) in [5.74, 6) is -0.363. The van der Waals surface area contributed by atoms with Crippen molar-refractivity contribution >= 4 is 23.7 Å². The molecule has 0 fully saturated rings. The van der Waals surface area contributed by atoms with Crippen molar-refractivity contribution in [2.24, 2.45) is 5.10 Å². The molecular weight excluding hydrogens is 319 g/mol. The number of benzene rings is 2. The van der Waals surface area contributed by atoms with Crippen LogP contribution in [0.1, 0.15) is 16.7 Å². The molecule has 0 aromatic heterocycles. The third-order valence-electron chi connectivity index (χ3n) is 3.23. The van der Waals surface area contributed by atoms with Crippen molar-refractivity contribution in [1.82, 2.24) is 5.43 Å². The molecule has 0 saturated heterocycles. The molecule has 0 aliphatic carbocycles. The molecule has 0 unspecified atom stereocenters. The second kappa shape index (κ2) is 7.74. The molecule has 4 nitrogen and oxygen atoms in total. The van der Waals surface area contributed by atoms with Gasteiger partial charge in [0.25, 0.3) is 5.91 Å². The smallest absolute Gasteiger partial charge is 0.277 e. The molecule has 6 heteroatoms. The highest BCUT2D eigenvalue weighted by Crippen LogP contribution is 2.17. The van der Waals surface area contributed by atoms with Crippen LogP contribution < -0.4 is 10.2 Å². The molecule has 0 aliphatic heterocycles. The highest BCUT2D eigenvalue weighted by Gasteiger charge is 2.05. The van der Waals surface area contributed by atoms with Gasteiger partial charge in [-0.05, 0) is 49.2 Å². The number of aryl methyl sites for hydroxylation is 2. The molecule has 0 saturated carbocycles. The van der Waals surface area contributed by atoms with Gasteiger partial charge < -0.3 is 4.74 Å². The molecule has 0 aliphatic rings. The van der Waals surface area contributed by atoms with Crippen LogP contribution in [0.3, 0.4) is 0 Å². The van der Waals surface area contributed by atoms with E-state index in [0.717, 1.165) is 17.3 Å². The molecule has 120 valence electrons. The zero-order chi connectivity index (χ0) is 16.8. The third kappa shape index (κ3) is 4.79. The van der Waals surface area contributed by atoms with Crippen molar-refractivity contribution in [3.05, 3.63) is 63.9 Å². The molecule has 2 aromatic rings. The maximum Gasteiger partial charge on any atom is 0.277 e. The number of halogens is 2. The first-order valence-electron chi connectivity index (χ1n) is 6.93. The first-order chi connectivity index (χ1) is 11.0. The number of carbonyl (C=O) groups is 1. The van der Waals surface area contributed by atoms with Crippen LogP contribution in [0.5, 0.6) is 5.75 Å². The van der Waals surface area contributed by atoms with Crippen LogP contribution in [-0.2, 0) is 4.79 Å². The van der Waals surface area contributed by atoms with Gasteiger partial charge in [0.05, 0.1) is 11.2 Å². The summed E-state index contributed by atoms with van der Waals surface area (Å²) in [6, 6.07) is 9.85. The van der Waals surface area contributed by atoms with Gasteiger partial charge in [-0.3, -0.25) is 4.79 Å². The predicted octanol–water partition coefficient (Wildman–Crippen LogP) is 3.63. The maximum atomic E-state index is 13.5. The van der Waals surface area contributed by atoms with Gasteiger partial charge in [0, 0.05) is 5.56 Å². The number of amides is 1. The summed E-state index contributed by atoms with van der Waals surface area (Å²) in [6.07, 6.45) is 1.16. The fourth-order valence-electron chi connectivity index (χ4n) is 1.79. The number of carbonyl (C=O) groups excluding carboxylic acids is 1. The minimum absolute atomic E-state index is 0.115. The monoisotopic (exact) mass is 334 g/mol. The van der Waals surface area contributed by atoms with Crippen molar-refractivity contribution in [3.63, 3.8) is 0 Å². The van der Waals surface area contributed by atoms with Crippen molar-refractivity contribution in [3.8, 4) is 5.75 Å². The van der Waals surface area contributed by atoms with Crippen molar-refractivity contribution in [1.29, 1.82) is 0 Å². The summed E-state index contributed by atoms with van der Waals surface area (Å²) in [7, 11) is 0.